The molecule has 176 valence electrons. The monoisotopic (exact) mass is 487 g/mol. The summed E-state index contributed by atoms with van der Waals surface area (Å²) in [5.74, 6) is 0.782. The second-order valence-corrected chi connectivity index (χ2v) is 10.7. The van der Waals surface area contributed by atoms with Crippen molar-refractivity contribution in [1.29, 1.82) is 0 Å². The summed E-state index contributed by atoms with van der Waals surface area (Å²) in [6, 6.07) is 5.71. The molecule has 0 spiro atoms. The average Bonchev–Trinajstić information content (AvgIpc) is 3.05. The standard InChI is InChI=1S/C24H29N3O4S2/c1-13-7-8-19(30-6)18(9-13)27-23(29)21-16(4)17(5)33-22(21)25-24(27)32-12-20(28)26-10-14(2)31-15(3)11-26/h7-9,14-15H,10-12H2,1-6H3/t14-,15-/m1/s1. The Balaban J connectivity index is 1.78. The first-order valence-electron chi connectivity index (χ1n) is 10.9. The number of fused-ring (bicyclic) bond motifs is 1. The summed E-state index contributed by atoms with van der Waals surface area (Å²) in [5.41, 5.74) is 2.43. The van der Waals surface area contributed by atoms with Gasteiger partial charge < -0.3 is 14.4 Å². The minimum Gasteiger partial charge on any atom is -0.495 e. The van der Waals surface area contributed by atoms with Crippen LogP contribution in [0, 0.1) is 20.8 Å². The fraction of sp³-hybridized carbons (Fsp3) is 0.458. The molecule has 0 radical (unpaired) electrons. The molecule has 1 saturated heterocycles. The van der Waals surface area contributed by atoms with Crippen molar-refractivity contribution in [2.45, 2.75) is 52.0 Å². The van der Waals surface area contributed by atoms with Crippen LogP contribution in [-0.2, 0) is 9.53 Å². The van der Waals surface area contributed by atoms with Crippen LogP contribution in [0.2, 0.25) is 0 Å². The highest BCUT2D eigenvalue weighted by atomic mass is 32.2. The summed E-state index contributed by atoms with van der Waals surface area (Å²) >= 11 is 2.79. The normalized spacial score (nSPS) is 18.7. The van der Waals surface area contributed by atoms with E-state index in [0.29, 0.717) is 39.9 Å². The number of amides is 1. The molecule has 3 aromatic rings. The van der Waals surface area contributed by atoms with Crippen LogP contribution in [0.1, 0.15) is 29.9 Å². The summed E-state index contributed by atoms with van der Waals surface area (Å²) in [6.45, 7) is 11.0. The predicted octanol–water partition coefficient (Wildman–Crippen LogP) is 4.11. The molecule has 33 heavy (non-hydrogen) atoms. The van der Waals surface area contributed by atoms with Crippen molar-refractivity contribution < 1.29 is 14.3 Å². The Labute approximate surface area is 201 Å². The first-order chi connectivity index (χ1) is 15.7. The number of hydrogen-bond donors (Lipinski definition) is 0. The average molecular weight is 488 g/mol. The van der Waals surface area contributed by atoms with Gasteiger partial charge in [-0.05, 0) is 57.9 Å². The zero-order valence-corrected chi connectivity index (χ0v) is 21.4. The maximum Gasteiger partial charge on any atom is 0.267 e. The highest BCUT2D eigenvalue weighted by Crippen LogP contribution is 2.32. The Morgan fingerprint density at radius 2 is 1.94 bits per heavy atom. The number of carbonyl (C=O) groups is 1. The van der Waals surface area contributed by atoms with E-state index in [4.69, 9.17) is 14.5 Å². The fourth-order valence-corrected chi connectivity index (χ4v) is 6.14. The van der Waals surface area contributed by atoms with Crippen LogP contribution in [0.15, 0.2) is 28.2 Å². The molecule has 0 aliphatic carbocycles. The first kappa shape index (κ1) is 23.8. The zero-order chi connectivity index (χ0) is 23.9. The van der Waals surface area contributed by atoms with Gasteiger partial charge in [-0.15, -0.1) is 11.3 Å². The highest BCUT2D eigenvalue weighted by Gasteiger charge is 2.27. The van der Waals surface area contributed by atoms with Crippen LogP contribution in [-0.4, -0.2) is 58.5 Å². The SMILES string of the molecule is COc1ccc(C)cc1-n1c(SCC(=O)N2C[C@@H](C)O[C@H](C)C2)nc2sc(C)c(C)c2c1=O. The van der Waals surface area contributed by atoms with Crippen molar-refractivity contribution in [3.63, 3.8) is 0 Å². The number of nitrogens with zero attached hydrogens (tertiary/aromatic N) is 3. The van der Waals surface area contributed by atoms with E-state index >= 15 is 0 Å². The second kappa shape index (κ2) is 9.48. The Morgan fingerprint density at radius 1 is 1.24 bits per heavy atom. The number of methoxy groups -OCH3 is 1. The third-order valence-electron chi connectivity index (χ3n) is 5.84. The molecule has 1 aromatic carbocycles. The minimum absolute atomic E-state index is 0.00369. The molecule has 2 aromatic heterocycles. The van der Waals surface area contributed by atoms with Crippen LogP contribution in [0.25, 0.3) is 15.9 Å². The molecule has 1 aliphatic heterocycles. The smallest absolute Gasteiger partial charge is 0.267 e. The Hall–Kier alpha value is -2.36. The summed E-state index contributed by atoms with van der Waals surface area (Å²) in [7, 11) is 1.59. The lowest BCUT2D eigenvalue weighted by Gasteiger charge is -2.35. The number of thiophene rings is 1. The maximum atomic E-state index is 13.7. The van der Waals surface area contributed by atoms with Crippen molar-refractivity contribution in [2.75, 3.05) is 26.0 Å². The van der Waals surface area contributed by atoms with E-state index < -0.39 is 0 Å². The predicted molar refractivity (Wildman–Crippen MR) is 133 cm³/mol. The van der Waals surface area contributed by atoms with Crippen LogP contribution < -0.4 is 10.3 Å². The molecule has 9 heteroatoms. The molecule has 1 fully saturated rings. The van der Waals surface area contributed by atoms with E-state index in [1.165, 1.54) is 23.1 Å². The maximum absolute atomic E-state index is 13.7. The molecule has 1 aliphatic rings. The molecule has 7 nitrogen and oxygen atoms in total. The number of hydrogen-bond acceptors (Lipinski definition) is 7. The Bertz CT molecular complexity index is 1260. The van der Waals surface area contributed by atoms with E-state index in [1.54, 1.807) is 11.7 Å². The summed E-state index contributed by atoms with van der Waals surface area (Å²) in [6.07, 6.45) is 0.00737. The van der Waals surface area contributed by atoms with Crippen molar-refractivity contribution in [1.82, 2.24) is 14.5 Å². The van der Waals surface area contributed by atoms with E-state index in [-0.39, 0.29) is 29.4 Å². The molecular formula is C24H29N3O4S2. The number of aryl methyl sites for hydroxylation is 3. The van der Waals surface area contributed by atoms with Crippen molar-refractivity contribution in [2.24, 2.45) is 0 Å². The van der Waals surface area contributed by atoms with Gasteiger partial charge in [-0.2, -0.15) is 0 Å². The number of carbonyl (C=O) groups excluding carboxylic acids is 1. The number of morpholine rings is 1. The fourth-order valence-electron chi connectivity index (χ4n) is 4.16. The summed E-state index contributed by atoms with van der Waals surface area (Å²) in [5, 5.41) is 1.10. The molecule has 4 rings (SSSR count). The number of ether oxygens (including phenoxy) is 2. The van der Waals surface area contributed by atoms with Gasteiger partial charge in [-0.3, -0.25) is 14.2 Å². The molecule has 0 saturated carbocycles. The van der Waals surface area contributed by atoms with Gasteiger partial charge >= 0.3 is 0 Å². The number of thioether (sulfide) groups is 1. The van der Waals surface area contributed by atoms with E-state index in [0.717, 1.165) is 16.0 Å². The topological polar surface area (TPSA) is 73.7 Å². The molecule has 2 atom stereocenters. The van der Waals surface area contributed by atoms with Gasteiger partial charge in [-0.25, -0.2) is 4.98 Å². The van der Waals surface area contributed by atoms with E-state index in [9.17, 15) is 9.59 Å². The van der Waals surface area contributed by atoms with Crippen LogP contribution in [0.4, 0.5) is 0 Å². The molecule has 0 unspecified atom stereocenters. The highest BCUT2D eigenvalue weighted by molar-refractivity contribution is 7.99. The van der Waals surface area contributed by atoms with Crippen LogP contribution in [0.3, 0.4) is 0 Å². The van der Waals surface area contributed by atoms with Crippen LogP contribution in [0.5, 0.6) is 5.75 Å². The third kappa shape index (κ3) is 4.67. The quantitative estimate of drug-likeness (QED) is 0.398. The lowest BCUT2D eigenvalue weighted by molar-refractivity contribution is -0.140. The van der Waals surface area contributed by atoms with Crippen molar-refractivity contribution >= 4 is 39.2 Å². The van der Waals surface area contributed by atoms with Gasteiger partial charge in [0.2, 0.25) is 5.91 Å². The van der Waals surface area contributed by atoms with E-state index in [2.05, 4.69) is 0 Å². The summed E-state index contributed by atoms with van der Waals surface area (Å²) < 4.78 is 12.9. The molecule has 1 amide bonds. The first-order valence-corrected chi connectivity index (χ1v) is 12.7. The number of aromatic nitrogens is 2. The zero-order valence-electron chi connectivity index (χ0n) is 19.8. The van der Waals surface area contributed by atoms with Crippen molar-refractivity contribution in [3.05, 3.63) is 44.6 Å². The van der Waals surface area contributed by atoms with E-state index in [1.807, 2.05) is 57.7 Å². The molecule has 0 bridgehead atoms. The van der Waals surface area contributed by atoms with Gasteiger partial charge in [0.05, 0.1) is 36.1 Å². The number of benzene rings is 1. The lowest BCUT2D eigenvalue weighted by Crippen LogP contribution is -2.48. The van der Waals surface area contributed by atoms with Gasteiger partial charge in [0, 0.05) is 18.0 Å². The lowest BCUT2D eigenvalue weighted by atomic mass is 10.2. The second-order valence-electron chi connectivity index (χ2n) is 8.52. The van der Waals surface area contributed by atoms with Gasteiger partial charge in [0.25, 0.3) is 5.56 Å². The minimum atomic E-state index is -0.144. The molecule has 0 N–H and O–H groups in total. The van der Waals surface area contributed by atoms with Crippen molar-refractivity contribution in [3.8, 4) is 11.4 Å². The van der Waals surface area contributed by atoms with Gasteiger partial charge in [0.15, 0.2) is 5.16 Å². The molecule has 3 heterocycles. The molecular weight excluding hydrogens is 458 g/mol. The Kier molecular flexibility index (Phi) is 6.83. The van der Waals surface area contributed by atoms with Gasteiger partial charge in [0.1, 0.15) is 10.6 Å². The summed E-state index contributed by atoms with van der Waals surface area (Å²) in [4.78, 5) is 35.2. The number of rotatable bonds is 5. The third-order valence-corrected chi connectivity index (χ3v) is 7.87. The largest absolute Gasteiger partial charge is 0.495 e. The Morgan fingerprint density at radius 3 is 2.61 bits per heavy atom. The van der Waals surface area contributed by atoms with Gasteiger partial charge in [-0.1, -0.05) is 17.8 Å². The van der Waals surface area contributed by atoms with Crippen LogP contribution >= 0.6 is 23.1 Å².